The van der Waals surface area contributed by atoms with Crippen molar-refractivity contribution in [1.82, 2.24) is 19.8 Å². The Labute approximate surface area is 119 Å². The number of methoxy groups -OCH3 is 1. The summed E-state index contributed by atoms with van der Waals surface area (Å²) >= 11 is 0. The van der Waals surface area contributed by atoms with E-state index in [-0.39, 0.29) is 5.69 Å². The summed E-state index contributed by atoms with van der Waals surface area (Å²) < 4.78 is 6.31. The van der Waals surface area contributed by atoms with Crippen molar-refractivity contribution in [2.24, 2.45) is 0 Å². The molecule has 0 aliphatic carbocycles. The lowest BCUT2D eigenvalue weighted by atomic mass is 10.2. The van der Waals surface area contributed by atoms with E-state index in [0.29, 0.717) is 29.4 Å². The minimum Gasteiger partial charge on any atom is -0.495 e. The summed E-state index contributed by atoms with van der Waals surface area (Å²) in [4.78, 5) is 11.4. The van der Waals surface area contributed by atoms with Crippen molar-refractivity contribution in [3.05, 3.63) is 46.4 Å². The van der Waals surface area contributed by atoms with Crippen molar-refractivity contribution < 1.29 is 4.74 Å². The highest BCUT2D eigenvalue weighted by Gasteiger charge is 2.04. The Morgan fingerprint density at radius 2 is 2.24 bits per heavy atom. The van der Waals surface area contributed by atoms with Gasteiger partial charge in [0.15, 0.2) is 5.65 Å². The van der Waals surface area contributed by atoms with Crippen LogP contribution < -0.4 is 21.5 Å². The number of nitrogens with two attached hydrogens (primary N) is 1. The molecular weight excluding hydrogens is 272 g/mol. The van der Waals surface area contributed by atoms with Gasteiger partial charge in [0.25, 0.3) is 0 Å². The molecule has 108 valence electrons. The minimum absolute atomic E-state index is 0.373. The molecule has 0 aliphatic heterocycles. The highest BCUT2D eigenvalue weighted by molar-refractivity contribution is 5.54. The van der Waals surface area contributed by atoms with Crippen molar-refractivity contribution in [3.63, 3.8) is 0 Å². The average molecular weight is 286 g/mol. The van der Waals surface area contributed by atoms with Gasteiger partial charge in [0.2, 0.25) is 0 Å². The number of ether oxygens (including phenoxy) is 1. The molecule has 0 bridgehead atoms. The van der Waals surface area contributed by atoms with Crippen molar-refractivity contribution in [2.45, 2.75) is 6.54 Å². The Morgan fingerprint density at radius 1 is 1.38 bits per heavy atom. The van der Waals surface area contributed by atoms with E-state index in [0.717, 1.165) is 5.56 Å². The van der Waals surface area contributed by atoms with Gasteiger partial charge in [-0.1, -0.05) is 6.07 Å². The molecule has 0 amide bonds. The van der Waals surface area contributed by atoms with E-state index in [2.05, 4.69) is 20.6 Å². The van der Waals surface area contributed by atoms with Gasteiger partial charge in [-0.3, -0.25) is 0 Å². The summed E-state index contributed by atoms with van der Waals surface area (Å²) in [6.45, 7) is 0.527. The van der Waals surface area contributed by atoms with Crippen LogP contribution in [0.15, 0.2) is 35.1 Å². The third-order valence-corrected chi connectivity index (χ3v) is 3.04. The van der Waals surface area contributed by atoms with Gasteiger partial charge in [-0.2, -0.15) is 9.61 Å². The molecule has 0 aliphatic rings. The van der Waals surface area contributed by atoms with Crippen LogP contribution >= 0.6 is 0 Å². The first kappa shape index (κ1) is 13.0. The number of aromatic nitrogens is 4. The molecule has 0 saturated carbocycles. The van der Waals surface area contributed by atoms with E-state index < -0.39 is 0 Å². The number of hydrogen-bond donors (Lipinski definition) is 3. The summed E-state index contributed by atoms with van der Waals surface area (Å²) in [5.74, 6) is 1.21. The van der Waals surface area contributed by atoms with Gasteiger partial charge in [-0.05, 0) is 29.8 Å². The lowest BCUT2D eigenvalue weighted by Gasteiger charge is -2.08. The van der Waals surface area contributed by atoms with Crippen molar-refractivity contribution in [1.29, 1.82) is 0 Å². The number of aromatic amines is 1. The molecule has 3 aromatic rings. The Balaban J connectivity index is 1.78. The van der Waals surface area contributed by atoms with Crippen LogP contribution in [0.25, 0.3) is 5.65 Å². The topological polar surface area (TPSA) is 110 Å². The Morgan fingerprint density at radius 3 is 3.00 bits per heavy atom. The summed E-state index contributed by atoms with van der Waals surface area (Å²) in [6, 6.07) is 9.00. The van der Waals surface area contributed by atoms with Crippen LogP contribution in [0.4, 0.5) is 11.5 Å². The first-order chi connectivity index (χ1) is 10.2. The third kappa shape index (κ3) is 2.50. The number of rotatable bonds is 4. The molecule has 0 unspecified atom stereocenters. The van der Waals surface area contributed by atoms with E-state index in [1.165, 1.54) is 4.52 Å². The highest BCUT2D eigenvalue weighted by Crippen LogP contribution is 2.22. The number of nitrogen functional groups attached to an aromatic ring is 1. The molecule has 0 radical (unpaired) electrons. The van der Waals surface area contributed by atoms with Gasteiger partial charge in [0, 0.05) is 6.54 Å². The number of H-pyrrole nitrogens is 1. The second-order valence-corrected chi connectivity index (χ2v) is 4.45. The predicted molar refractivity (Wildman–Crippen MR) is 78.3 cm³/mol. The van der Waals surface area contributed by atoms with Crippen LogP contribution in [-0.2, 0) is 6.54 Å². The molecule has 2 heterocycles. The number of anilines is 2. The molecule has 21 heavy (non-hydrogen) atoms. The lowest BCUT2D eigenvalue weighted by Crippen LogP contribution is -2.14. The lowest BCUT2D eigenvalue weighted by molar-refractivity contribution is 0.417. The molecule has 4 N–H and O–H groups in total. The largest absolute Gasteiger partial charge is 0.495 e. The second kappa shape index (κ2) is 5.16. The van der Waals surface area contributed by atoms with E-state index in [1.54, 1.807) is 19.2 Å². The zero-order chi connectivity index (χ0) is 14.8. The molecule has 2 aromatic heterocycles. The van der Waals surface area contributed by atoms with E-state index in [4.69, 9.17) is 10.5 Å². The van der Waals surface area contributed by atoms with Gasteiger partial charge >= 0.3 is 5.69 Å². The van der Waals surface area contributed by atoms with E-state index in [9.17, 15) is 4.79 Å². The number of fused-ring (bicyclic) bond motifs is 1. The molecular formula is C13H14N6O2. The quantitative estimate of drug-likeness (QED) is 0.606. The SMILES string of the molecule is COc1ccc(CNc2ccc3n[nH]c(=O)n3n2)cc1N. The highest BCUT2D eigenvalue weighted by atomic mass is 16.5. The normalized spacial score (nSPS) is 10.7. The van der Waals surface area contributed by atoms with Gasteiger partial charge in [0.1, 0.15) is 11.6 Å². The maximum atomic E-state index is 11.4. The Bertz CT molecular complexity index is 838. The number of nitrogens with zero attached hydrogens (tertiary/aromatic N) is 3. The van der Waals surface area contributed by atoms with Crippen LogP contribution in [0.3, 0.4) is 0 Å². The maximum absolute atomic E-state index is 11.4. The molecule has 0 atom stereocenters. The minimum atomic E-state index is -0.373. The van der Waals surface area contributed by atoms with Crippen LogP contribution in [0.2, 0.25) is 0 Å². The van der Waals surface area contributed by atoms with Gasteiger partial charge < -0.3 is 15.8 Å². The predicted octanol–water partition coefficient (Wildman–Crippen LogP) is 0.620. The Hall–Kier alpha value is -3.03. The summed E-state index contributed by atoms with van der Waals surface area (Å²) in [7, 11) is 1.57. The number of nitrogens with one attached hydrogen (secondary N) is 2. The maximum Gasteiger partial charge on any atom is 0.364 e. The third-order valence-electron chi connectivity index (χ3n) is 3.04. The fraction of sp³-hybridized carbons (Fsp3) is 0.154. The van der Waals surface area contributed by atoms with Gasteiger partial charge in [0.05, 0.1) is 12.8 Å². The van der Waals surface area contributed by atoms with E-state index >= 15 is 0 Å². The zero-order valence-electron chi connectivity index (χ0n) is 11.3. The summed E-state index contributed by atoms with van der Waals surface area (Å²) in [5.41, 5.74) is 7.51. The molecule has 3 rings (SSSR count). The molecule has 8 nitrogen and oxygen atoms in total. The second-order valence-electron chi connectivity index (χ2n) is 4.45. The van der Waals surface area contributed by atoms with Gasteiger partial charge in [-0.25, -0.2) is 9.89 Å². The zero-order valence-corrected chi connectivity index (χ0v) is 11.3. The monoisotopic (exact) mass is 286 g/mol. The fourth-order valence-corrected chi connectivity index (χ4v) is 1.98. The molecule has 0 saturated heterocycles. The summed E-state index contributed by atoms with van der Waals surface area (Å²) in [6.07, 6.45) is 0. The van der Waals surface area contributed by atoms with Crippen LogP contribution in [0.1, 0.15) is 5.56 Å². The fourth-order valence-electron chi connectivity index (χ4n) is 1.98. The molecule has 0 spiro atoms. The van der Waals surface area contributed by atoms with Crippen LogP contribution in [-0.4, -0.2) is 26.9 Å². The van der Waals surface area contributed by atoms with Gasteiger partial charge in [-0.15, -0.1) is 5.10 Å². The molecule has 8 heteroatoms. The number of benzene rings is 1. The standard InChI is InChI=1S/C13H14N6O2/c1-21-10-3-2-8(6-9(10)14)7-15-11-4-5-12-16-17-13(20)19(12)18-11/h2-6H,7,14H2,1H3,(H,15,18)(H,17,20). The Kier molecular flexibility index (Phi) is 3.19. The first-order valence-electron chi connectivity index (χ1n) is 6.28. The first-order valence-corrected chi connectivity index (χ1v) is 6.28. The van der Waals surface area contributed by atoms with E-state index in [1.807, 2.05) is 18.2 Å². The van der Waals surface area contributed by atoms with Crippen LogP contribution in [0.5, 0.6) is 5.75 Å². The van der Waals surface area contributed by atoms with Crippen LogP contribution in [0, 0.1) is 0 Å². The smallest absolute Gasteiger partial charge is 0.364 e. The number of hydrogen-bond acceptors (Lipinski definition) is 6. The molecule has 0 fully saturated rings. The van der Waals surface area contributed by atoms with Crippen molar-refractivity contribution in [2.75, 3.05) is 18.2 Å². The molecule has 1 aromatic carbocycles. The average Bonchev–Trinajstić information content (AvgIpc) is 2.86. The van der Waals surface area contributed by atoms with Crippen molar-refractivity contribution >= 4 is 17.2 Å². The summed E-state index contributed by atoms with van der Waals surface area (Å²) in [5, 5.41) is 13.4. The van der Waals surface area contributed by atoms with Crippen molar-refractivity contribution in [3.8, 4) is 5.75 Å².